The average molecular weight is 419 g/mol. The number of aromatic nitrogens is 2. The molecule has 2 aromatic heterocycles. The number of nitrogens with zero attached hydrogens (tertiary/aromatic N) is 2. The van der Waals surface area contributed by atoms with E-state index in [1.54, 1.807) is 29.8 Å². The van der Waals surface area contributed by atoms with Crippen molar-refractivity contribution < 1.29 is 9.90 Å². The van der Waals surface area contributed by atoms with Gasteiger partial charge >= 0.3 is 0 Å². The summed E-state index contributed by atoms with van der Waals surface area (Å²) in [5.74, 6) is 0.598. The summed E-state index contributed by atoms with van der Waals surface area (Å²) < 4.78 is 0. The standard InChI is InChI=1S/C23H22N4O2S/c1-14-8-9-17(18(28)12-14)27-19(29)10-11-24-22-21-20(16-6-4-3-5-7-16)15(2)30-23(21)26-13-25-22/h3-9,12-13,28H,10-11H2,1-2H3,(H,27,29)(H,24,25,26). The first-order chi connectivity index (χ1) is 14.5. The molecule has 1 amide bonds. The SMILES string of the molecule is Cc1ccc(NC(=O)CCNc2ncnc3sc(C)c(-c4ccccc4)c23)c(O)c1. The van der Waals surface area contributed by atoms with Gasteiger partial charge in [0.25, 0.3) is 0 Å². The quantitative estimate of drug-likeness (QED) is 0.378. The van der Waals surface area contributed by atoms with E-state index >= 15 is 0 Å². The fourth-order valence-electron chi connectivity index (χ4n) is 3.39. The minimum atomic E-state index is -0.184. The molecule has 0 aliphatic heterocycles. The molecule has 0 aliphatic carbocycles. The van der Waals surface area contributed by atoms with Gasteiger partial charge in [-0.25, -0.2) is 9.97 Å². The second-order valence-electron chi connectivity index (χ2n) is 7.05. The summed E-state index contributed by atoms with van der Waals surface area (Å²) >= 11 is 1.63. The number of nitrogens with one attached hydrogen (secondary N) is 2. The molecular weight excluding hydrogens is 396 g/mol. The first-order valence-electron chi connectivity index (χ1n) is 9.66. The molecular formula is C23H22N4O2S. The van der Waals surface area contributed by atoms with E-state index < -0.39 is 0 Å². The summed E-state index contributed by atoms with van der Waals surface area (Å²) in [6, 6.07) is 15.3. The number of hydrogen-bond acceptors (Lipinski definition) is 6. The average Bonchev–Trinajstić information content (AvgIpc) is 3.07. The smallest absolute Gasteiger partial charge is 0.226 e. The highest BCUT2D eigenvalue weighted by Crippen LogP contribution is 2.40. The van der Waals surface area contributed by atoms with Crippen LogP contribution in [-0.2, 0) is 4.79 Å². The monoisotopic (exact) mass is 418 g/mol. The predicted octanol–water partition coefficient (Wildman–Crippen LogP) is 5.12. The van der Waals surface area contributed by atoms with Crippen molar-refractivity contribution in [1.82, 2.24) is 9.97 Å². The third-order valence-electron chi connectivity index (χ3n) is 4.80. The molecule has 0 radical (unpaired) electrons. The molecule has 4 aromatic rings. The van der Waals surface area contributed by atoms with Crippen molar-refractivity contribution in [3.8, 4) is 16.9 Å². The van der Waals surface area contributed by atoms with E-state index in [0.29, 0.717) is 18.1 Å². The van der Waals surface area contributed by atoms with Crippen LogP contribution >= 0.6 is 11.3 Å². The van der Waals surface area contributed by atoms with E-state index in [1.807, 2.05) is 31.2 Å². The van der Waals surface area contributed by atoms with Crippen molar-refractivity contribution in [3.63, 3.8) is 0 Å². The number of fused-ring (bicyclic) bond motifs is 1. The Hall–Kier alpha value is -3.45. The Morgan fingerprint density at radius 3 is 2.67 bits per heavy atom. The Morgan fingerprint density at radius 1 is 1.10 bits per heavy atom. The molecule has 0 spiro atoms. The summed E-state index contributed by atoms with van der Waals surface area (Å²) in [5.41, 5.74) is 3.58. The molecule has 0 aliphatic rings. The molecule has 0 unspecified atom stereocenters. The van der Waals surface area contributed by atoms with Crippen LogP contribution in [0.1, 0.15) is 16.9 Å². The fraction of sp³-hybridized carbons (Fsp3) is 0.174. The zero-order valence-electron chi connectivity index (χ0n) is 16.8. The number of carbonyl (C=O) groups excluding carboxylic acids is 1. The maximum absolute atomic E-state index is 12.3. The van der Waals surface area contributed by atoms with Crippen LogP contribution in [-0.4, -0.2) is 27.5 Å². The number of anilines is 2. The van der Waals surface area contributed by atoms with Gasteiger partial charge in [-0.15, -0.1) is 11.3 Å². The number of carbonyl (C=O) groups is 1. The van der Waals surface area contributed by atoms with Crippen LogP contribution < -0.4 is 10.6 Å². The maximum atomic E-state index is 12.3. The van der Waals surface area contributed by atoms with E-state index in [9.17, 15) is 9.90 Å². The lowest BCUT2D eigenvalue weighted by Gasteiger charge is -2.10. The molecule has 6 nitrogen and oxygen atoms in total. The van der Waals surface area contributed by atoms with Crippen molar-refractivity contribution in [1.29, 1.82) is 0 Å². The highest BCUT2D eigenvalue weighted by Gasteiger charge is 2.16. The van der Waals surface area contributed by atoms with Gasteiger partial charge in [0.15, 0.2) is 0 Å². The van der Waals surface area contributed by atoms with Crippen molar-refractivity contribution in [3.05, 3.63) is 65.3 Å². The second kappa shape index (κ2) is 8.51. The van der Waals surface area contributed by atoms with Crippen molar-refractivity contribution in [2.75, 3.05) is 17.2 Å². The Kier molecular flexibility index (Phi) is 5.63. The zero-order valence-corrected chi connectivity index (χ0v) is 17.6. The van der Waals surface area contributed by atoms with Gasteiger partial charge in [-0.05, 0) is 37.1 Å². The number of aryl methyl sites for hydroxylation is 2. The first kappa shape index (κ1) is 19.8. The molecule has 4 rings (SSSR count). The number of phenols is 1. The minimum Gasteiger partial charge on any atom is -0.506 e. The number of benzene rings is 2. The number of aromatic hydroxyl groups is 1. The molecule has 0 atom stereocenters. The molecule has 152 valence electrons. The van der Waals surface area contributed by atoms with Gasteiger partial charge < -0.3 is 15.7 Å². The summed E-state index contributed by atoms with van der Waals surface area (Å²) in [4.78, 5) is 23.2. The molecule has 30 heavy (non-hydrogen) atoms. The Balaban J connectivity index is 1.50. The predicted molar refractivity (Wildman–Crippen MR) is 122 cm³/mol. The Morgan fingerprint density at radius 2 is 1.90 bits per heavy atom. The van der Waals surface area contributed by atoms with Gasteiger partial charge in [-0.3, -0.25) is 4.79 Å². The van der Waals surface area contributed by atoms with Crippen LogP contribution in [0.2, 0.25) is 0 Å². The molecule has 0 saturated carbocycles. The molecule has 7 heteroatoms. The van der Waals surface area contributed by atoms with Gasteiger partial charge in [0.1, 0.15) is 22.7 Å². The van der Waals surface area contributed by atoms with E-state index in [-0.39, 0.29) is 18.1 Å². The lowest BCUT2D eigenvalue weighted by atomic mass is 10.0. The summed E-state index contributed by atoms with van der Waals surface area (Å²) in [5, 5.41) is 17.0. The van der Waals surface area contributed by atoms with Crippen LogP contribution in [0.4, 0.5) is 11.5 Å². The lowest BCUT2D eigenvalue weighted by Crippen LogP contribution is -2.16. The molecule has 0 saturated heterocycles. The van der Waals surface area contributed by atoms with Crippen LogP contribution in [0, 0.1) is 13.8 Å². The normalized spacial score (nSPS) is 10.9. The van der Waals surface area contributed by atoms with Gasteiger partial charge in [0.05, 0.1) is 11.1 Å². The van der Waals surface area contributed by atoms with Crippen molar-refractivity contribution in [2.45, 2.75) is 20.3 Å². The summed E-state index contributed by atoms with van der Waals surface area (Å²) in [7, 11) is 0. The third-order valence-corrected chi connectivity index (χ3v) is 5.81. The fourth-order valence-corrected chi connectivity index (χ4v) is 4.40. The number of phenolic OH excluding ortho intramolecular Hbond substituents is 1. The molecule has 0 bridgehead atoms. The molecule has 0 fully saturated rings. The number of hydrogen-bond donors (Lipinski definition) is 3. The topological polar surface area (TPSA) is 87.1 Å². The van der Waals surface area contributed by atoms with E-state index in [4.69, 9.17) is 0 Å². The van der Waals surface area contributed by atoms with E-state index in [0.717, 1.165) is 26.9 Å². The maximum Gasteiger partial charge on any atom is 0.226 e. The van der Waals surface area contributed by atoms with E-state index in [1.165, 1.54) is 4.88 Å². The summed E-state index contributed by atoms with van der Waals surface area (Å²) in [6.45, 7) is 4.38. The lowest BCUT2D eigenvalue weighted by molar-refractivity contribution is -0.116. The van der Waals surface area contributed by atoms with Crippen molar-refractivity contribution in [2.24, 2.45) is 0 Å². The van der Waals surface area contributed by atoms with E-state index in [2.05, 4.69) is 39.7 Å². The highest BCUT2D eigenvalue weighted by atomic mass is 32.1. The minimum absolute atomic E-state index is 0.0649. The third kappa shape index (κ3) is 4.11. The summed E-state index contributed by atoms with van der Waals surface area (Å²) in [6.07, 6.45) is 1.78. The van der Waals surface area contributed by atoms with Crippen molar-refractivity contribution >= 4 is 39.0 Å². The number of thiophene rings is 1. The van der Waals surface area contributed by atoms with Gasteiger partial charge in [0, 0.05) is 23.4 Å². The Labute approximate surface area is 178 Å². The van der Waals surface area contributed by atoms with Crippen LogP contribution in [0.3, 0.4) is 0 Å². The second-order valence-corrected chi connectivity index (χ2v) is 8.25. The van der Waals surface area contributed by atoms with Gasteiger partial charge in [-0.2, -0.15) is 0 Å². The Bertz CT molecular complexity index is 1200. The van der Waals surface area contributed by atoms with Gasteiger partial charge in [-0.1, -0.05) is 36.4 Å². The number of rotatable bonds is 6. The van der Waals surface area contributed by atoms with Crippen LogP contribution in [0.5, 0.6) is 5.75 Å². The van der Waals surface area contributed by atoms with Crippen LogP contribution in [0.25, 0.3) is 21.3 Å². The van der Waals surface area contributed by atoms with Crippen LogP contribution in [0.15, 0.2) is 54.9 Å². The highest BCUT2D eigenvalue weighted by molar-refractivity contribution is 7.19. The molecule has 3 N–H and O–H groups in total. The van der Waals surface area contributed by atoms with Gasteiger partial charge in [0.2, 0.25) is 5.91 Å². The number of amides is 1. The zero-order chi connectivity index (χ0) is 21.1. The largest absolute Gasteiger partial charge is 0.506 e. The molecule has 2 aromatic carbocycles. The first-order valence-corrected chi connectivity index (χ1v) is 10.5. The molecule has 2 heterocycles.